The molecule has 0 unspecified atom stereocenters. The van der Waals surface area contributed by atoms with Gasteiger partial charge in [-0.15, -0.1) is 10.2 Å². The van der Waals surface area contributed by atoms with Gasteiger partial charge in [-0.1, -0.05) is 18.2 Å². The summed E-state index contributed by atoms with van der Waals surface area (Å²) >= 11 is 0. The van der Waals surface area contributed by atoms with Crippen LogP contribution in [0.25, 0.3) is 16.8 Å². The molecule has 2 aromatic heterocycles. The SMILES string of the molecule is COc1ccccc1-c1cc(C(=O)Nc2ccc(F)cc2)nn2cnnc12. The third-order valence-electron chi connectivity index (χ3n) is 4.00. The first kappa shape index (κ1) is 16.6. The van der Waals surface area contributed by atoms with Crippen LogP contribution in [-0.4, -0.2) is 32.8 Å². The molecule has 0 saturated carbocycles. The predicted octanol–water partition coefficient (Wildman–Crippen LogP) is 3.19. The number of ether oxygens (including phenoxy) is 1. The molecule has 0 aliphatic rings. The highest BCUT2D eigenvalue weighted by molar-refractivity contribution is 6.04. The van der Waals surface area contributed by atoms with Crippen molar-refractivity contribution in [2.45, 2.75) is 0 Å². The number of aromatic nitrogens is 4. The van der Waals surface area contributed by atoms with Crippen molar-refractivity contribution in [2.24, 2.45) is 0 Å². The molecule has 0 atom stereocenters. The Morgan fingerprint density at radius 1 is 1.11 bits per heavy atom. The molecule has 134 valence electrons. The van der Waals surface area contributed by atoms with Crippen LogP contribution in [0.1, 0.15) is 10.5 Å². The molecule has 0 radical (unpaired) electrons. The van der Waals surface area contributed by atoms with E-state index in [1.165, 1.54) is 35.1 Å². The number of para-hydroxylation sites is 1. The molecular formula is C19H14FN5O2. The summed E-state index contributed by atoms with van der Waals surface area (Å²) in [5.74, 6) is -0.178. The van der Waals surface area contributed by atoms with Gasteiger partial charge in [-0.3, -0.25) is 4.79 Å². The molecule has 7 nitrogen and oxygen atoms in total. The number of carbonyl (C=O) groups is 1. The van der Waals surface area contributed by atoms with Gasteiger partial charge in [-0.05, 0) is 36.4 Å². The van der Waals surface area contributed by atoms with E-state index < -0.39 is 5.91 Å². The molecule has 0 bridgehead atoms. The van der Waals surface area contributed by atoms with E-state index >= 15 is 0 Å². The number of carbonyl (C=O) groups excluding carboxylic acids is 1. The summed E-state index contributed by atoms with van der Waals surface area (Å²) in [5, 5.41) is 14.9. The van der Waals surface area contributed by atoms with Crippen molar-refractivity contribution >= 4 is 17.2 Å². The molecular weight excluding hydrogens is 349 g/mol. The maximum atomic E-state index is 13.0. The number of methoxy groups -OCH3 is 1. The Morgan fingerprint density at radius 3 is 2.67 bits per heavy atom. The lowest BCUT2D eigenvalue weighted by Crippen LogP contribution is -2.15. The van der Waals surface area contributed by atoms with Crippen LogP contribution < -0.4 is 10.1 Å². The molecule has 0 fully saturated rings. The Morgan fingerprint density at radius 2 is 1.89 bits per heavy atom. The minimum Gasteiger partial charge on any atom is -0.496 e. The Bertz CT molecular complexity index is 1120. The molecule has 0 saturated heterocycles. The zero-order valence-electron chi connectivity index (χ0n) is 14.3. The molecule has 2 heterocycles. The lowest BCUT2D eigenvalue weighted by molar-refractivity contribution is 0.102. The smallest absolute Gasteiger partial charge is 0.276 e. The minimum absolute atomic E-state index is 0.160. The van der Waals surface area contributed by atoms with E-state index in [4.69, 9.17) is 4.74 Å². The Labute approximate surface area is 153 Å². The first-order valence-corrected chi connectivity index (χ1v) is 8.07. The van der Waals surface area contributed by atoms with Crippen molar-refractivity contribution in [1.82, 2.24) is 19.8 Å². The second kappa shape index (κ2) is 6.83. The molecule has 2 aromatic carbocycles. The highest BCUT2D eigenvalue weighted by Crippen LogP contribution is 2.32. The number of nitrogens with one attached hydrogen (secondary N) is 1. The van der Waals surface area contributed by atoms with Crippen LogP contribution in [0.4, 0.5) is 10.1 Å². The molecule has 4 aromatic rings. The minimum atomic E-state index is -0.437. The van der Waals surface area contributed by atoms with Crippen molar-refractivity contribution in [2.75, 3.05) is 12.4 Å². The van der Waals surface area contributed by atoms with Gasteiger partial charge in [0.2, 0.25) is 0 Å². The Balaban J connectivity index is 1.78. The summed E-state index contributed by atoms with van der Waals surface area (Å²) < 4.78 is 19.9. The van der Waals surface area contributed by atoms with Crippen molar-refractivity contribution in [3.63, 3.8) is 0 Å². The topological polar surface area (TPSA) is 81.4 Å². The maximum absolute atomic E-state index is 13.0. The van der Waals surface area contributed by atoms with E-state index in [2.05, 4.69) is 20.6 Å². The van der Waals surface area contributed by atoms with Crippen LogP contribution in [-0.2, 0) is 0 Å². The van der Waals surface area contributed by atoms with Crippen molar-refractivity contribution < 1.29 is 13.9 Å². The molecule has 4 rings (SSSR count). The third kappa shape index (κ3) is 3.20. The number of fused-ring (bicyclic) bond motifs is 1. The van der Waals surface area contributed by atoms with Gasteiger partial charge in [0.1, 0.15) is 23.6 Å². The molecule has 0 aliphatic heterocycles. The largest absolute Gasteiger partial charge is 0.496 e. The van der Waals surface area contributed by atoms with Crippen molar-refractivity contribution in [3.05, 3.63) is 72.4 Å². The second-order valence-electron chi connectivity index (χ2n) is 5.70. The number of rotatable bonds is 4. The highest BCUT2D eigenvalue weighted by Gasteiger charge is 2.17. The number of hydrogen-bond acceptors (Lipinski definition) is 5. The van der Waals surface area contributed by atoms with Crippen LogP contribution in [0, 0.1) is 5.82 Å². The lowest BCUT2D eigenvalue weighted by atomic mass is 10.1. The fraction of sp³-hybridized carbons (Fsp3) is 0.0526. The van der Waals surface area contributed by atoms with E-state index in [0.717, 1.165) is 5.56 Å². The van der Waals surface area contributed by atoms with Crippen molar-refractivity contribution in [1.29, 1.82) is 0 Å². The van der Waals surface area contributed by atoms with Gasteiger partial charge in [-0.2, -0.15) is 9.61 Å². The summed E-state index contributed by atoms with van der Waals surface area (Å²) in [7, 11) is 1.57. The van der Waals surface area contributed by atoms with Gasteiger partial charge >= 0.3 is 0 Å². The third-order valence-corrected chi connectivity index (χ3v) is 4.00. The zero-order chi connectivity index (χ0) is 18.8. The normalized spacial score (nSPS) is 10.7. The average molecular weight is 363 g/mol. The van der Waals surface area contributed by atoms with Crippen LogP contribution in [0.15, 0.2) is 60.9 Å². The second-order valence-corrected chi connectivity index (χ2v) is 5.70. The fourth-order valence-corrected chi connectivity index (χ4v) is 2.73. The van der Waals surface area contributed by atoms with Crippen LogP contribution in [0.2, 0.25) is 0 Å². The monoisotopic (exact) mass is 363 g/mol. The summed E-state index contributed by atoms with van der Waals surface area (Å²) in [4.78, 5) is 12.6. The number of anilines is 1. The van der Waals surface area contributed by atoms with Crippen LogP contribution in [0.5, 0.6) is 5.75 Å². The van der Waals surface area contributed by atoms with Crippen LogP contribution >= 0.6 is 0 Å². The number of nitrogens with zero attached hydrogens (tertiary/aromatic N) is 4. The quantitative estimate of drug-likeness (QED) is 0.602. The van der Waals surface area contributed by atoms with Gasteiger partial charge < -0.3 is 10.1 Å². The number of halogens is 1. The first-order chi connectivity index (χ1) is 13.2. The van der Waals surface area contributed by atoms with Gasteiger partial charge in [0.05, 0.1) is 7.11 Å². The zero-order valence-corrected chi connectivity index (χ0v) is 14.3. The van der Waals surface area contributed by atoms with Gasteiger partial charge in [0.25, 0.3) is 5.91 Å². The van der Waals surface area contributed by atoms with Gasteiger partial charge in [-0.25, -0.2) is 4.39 Å². The summed E-state index contributed by atoms with van der Waals surface area (Å²) in [5.41, 5.74) is 2.54. The summed E-state index contributed by atoms with van der Waals surface area (Å²) in [6.07, 6.45) is 1.42. The average Bonchev–Trinajstić information content (AvgIpc) is 3.17. The van der Waals surface area contributed by atoms with E-state index in [0.29, 0.717) is 22.6 Å². The van der Waals surface area contributed by atoms with E-state index in [9.17, 15) is 9.18 Å². The Hall–Kier alpha value is -3.81. The van der Waals surface area contributed by atoms with E-state index in [1.807, 2.05) is 24.3 Å². The first-order valence-electron chi connectivity index (χ1n) is 8.07. The van der Waals surface area contributed by atoms with E-state index in [1.54, 1.807) is 13.2 Å². The number of hydrogen-bond donors (Lipinski definition) is 1. The van der Waals surface area contributed by atoms with E-state index in [-0.39, 0.29) is 11.5 Å². The predicted molar refractivity (Wildman–Crippen MR) is 97.1 cm³/mol. The molecule has 0 aliphatic carbocycles. The Kier molecular flexibility index (Phi) is 4.21. The highest BCUT2D eigenvalue weighted by atomic mass is 19.1. The molecule has 1 N–H and O–H groups in total. The van der Waals surface area contributed by atoms with Crippen LogP contribution in [0.3, 0.4) is 0 Å². The molecule has 0 spiro atoms. The lowest BCUT2D eigenvalue weighted by Gasteiger charge is -2.11. The fourth-order valence-electron chi connectivity index (χ4n) is 2.73. The summed E-state index contributed by atoms with van der Waals surface area (Å²) in [6.45, 7) is 0. The molecule has 27 heavy (non-hydrogen) atoms. The van der Waals surface area contributed by atoms with Gasteiger partial charge in [0, 0.05) is 16.8 Å². The number of benzene rings is 2. The molecule has 8 heteroatoms. The van der Waals surface area contributed by atoms with Crippen molar-refractivity contribution in [3.8, 4) is 16.9 Å². The summed E-state index contributed by atoms with van der Waals surface area (Å²) in [6, 6.07) is 14.5. The van der Waals surface area contributed by atoms with Gasteiger partial charge in [0.15, 0.2) is 5.65 Å². The molecule has 1 amide bonds. The maximum Gasteiger partial charge on any atom is 0.276 e. The standard InChI is InChI=1S/C19H14FN5O2/c1-27-17-5-3-2-4-14(17)15-10-16(24-25-11-21-23-18(15)25)19(26)22-13-8-6-12(20)7-9-13/h2-11H,1H3,(H,22,26). The number of amides is 1.